The van der Waals surface area contributed by atoms with Crippen LogP contribution in [-0.4, -0.2) is 12.0 Å². The van der Waals surface area contributed by atoms with E-state index in [1.807, 2.05) is 0 Å². The molecule has 0 saturated heterocycles. The third kappa shape index (κ3) is 3.08. The molecule has 17 heavy (non-hydrogen) atoms. The van der Waals surface area contributed by atoms with Crippen molar-refractivity contribution in [3.05, 3.63) is 23.7 Å². The van der Waals surface area contributed by atoms with Crippen LogP contribution in [0.3, 0.4) is 0 Å². The molecule has 0 atom stereocenters. The van der Waals surface area contributed by atoms with Crippen molar-refractivity contribution < 1.29 is 13.9 Å². The molecule has 1 aliphatic carbocycles. The van der Waals surface area contributed by atoms with Crippen molar-refractivity contribution >= 4 is 5.91 Å². The van der Waals surface area contributed by atoms with Gasteiger partial charge in [-0.2, -0.15) is 0 Å². The second-order valence-electron chi connectivity index (χ2n) is 4.30. The highest BCUT2D eigenvalue weighted by atomic mass is 16.5. The summed E-state index contributed by atoms with van der Waals surface area (Å²) in [6, 6.07) is 1.60. The normalized spacial score (nSPS) is 17.0. The van der Waals surface area contributed by atoms with Crippen molar-refractivity contribution in [1.29, 1.82) is 0 Å². The first-order valence-corrected chi connectivity index (χ1v) is 6.00. The molecule has 5 nitrogen and oxygen atoms in total. The lowest BCUT2D eigenvalue weighted by atomic mass is 9.98. The van der Waals surface area contributed by atoms with Gasteiger partial charge in [0.2, 0.25) is 0 Å². The molecule has 0 aromatic carbocycles. The molecule has 1 aromatic rings. The molecule has 1 amide bonds. The summed E-state index contributed by atoms with van der Waals surface area (Å²) in [6.45, 7) is 0.334. The van der Waals surface area contributed by atoms with E-state index in [2.05, 4.69) is 5.43 Å². The number of nitrogen functional groups attached to an aromatic ring is 1. The van der Waals surface area contributed by atoms with Crippen LogP contribution in [0.15, 0.2) is 16.7 Å². The van der Waals surface area contributed by atoms with Crippen molar-refractivity contribution in [3.63, 3.8) is 0 Å². The Balaban J connectivity index is 1.89. The number of nitrogens with one attached hydrogen (secondary N) is 1. The van der Waals surface area contributed by atoms with E-state index >= 15 is 0 Å². The Bertz CT molecular complexity index is 370. The zero-order chi connectivity index (χ0) is 12.1. The average molecular weight is 238 g/mol. The quantitative estimate of drug-likeness (QED) is 0.476. The number of hydrogen-bond acceptors (Lipinski definition) is 4. The Hall–Kier alpha value is -1.33. The van der Waals surface area contributed by atoms with Crippen molar-refractivity contribution in [2.75, 3.05) is 0 Å². The van der Waals surface area contributed by atoms with Crippen LogP contribution in [0.5, 0.6) is 0 Å². The second kappa shape index (κ2) is 5.84. The van der Waals surface area contributed by atoms with Gasteiger partial charge in [0.15, 0.2) is 0 Å². The lowest BCUT2D eigenvalue weighted by Gasteiger charge is -2.21. The first kappa shape index (κ1) is 12.1. The highest BCUT2D eigenvalue weighted by Crippen LogP contribution is 2.22. The van der Waals surface area contributed by atoms with Crippen LogP contribution in [0.2, 0.25) is 0 Å². The number of ether oxygens (including phenoxy) is 1. The summed E-state index contributed by atoms with van der Waals surface area (Å²) >= 11 is 0. The summed E-state index contributed by atoms with van der Waals surface area (Å²) in [5, 5.41) is 0. The second-order valence-corrected chi connectivity index (χ2v) is 4.30. The number of hydrogen-bond donors (Lipinski definition) is 2. The lowest BCUT2D eigenvalue weighted by molar-refractivity contribution is 0.00835. The first-order valence-electron chi connectivity index (χ1n) is 6.00. The molecule has 0 spiro atoms. The van der Waals surface area contributed by atoms with E-state index in [1.54, 1.807) is 6.07 Å². The molecule has 1 saturated carbocycles. The summed E-state index contributed by atoms with van der Waals surface area (Å²) in [5.41, 5.74) is 2.54. The molecule has 0 aliphatic heterocycles. The van der Waals surface area contributed by atoms with Crippen LogP contribution < -0.4 is 11.3 Å². The largest absolute Gasteiger partial charge is 0.466 e. The van der Waals surface area contributed by atoms with Gasteiger partial charge in [0, 0.05) is 0 Å². The number of rotatable bonds is 4. The fourth-order valence-electron chi connectivity index (χ4n) is 2.16. The Morgan fingerprint density at radius 3 is 2.94 bits per heavy atom. The topological polar surface area (TPSA) is 77.5 Å². The molecule has 0 bridgehead atoms. The van der Waals surface area contributed by atoms with Crippen molar-refractivity contribution in [1.82, 2.24) is 5.43 Å². The highest BCUT2D eigenvalue weighted by Gasteiger charge is 2.17. The van der Waals surface area contributed by atoms with E-state index in [-0.39, 0.29) is 5.91 Å². The number of carbonyl (C=O) groups excluding carboxylic acids is 1. The van der Waals surface area contributed by atoms with Gasteiger partial charge in [-0.1, -0.05) is 19.3 Å². The molecule has 1 heterocycles. The summed E-state index contributed by atoms with van der Waals surface area (Å²) in [6.07, 6.45) is 7.70. The Morgan fingerprint density at radius 1 is 1.47 bits per heavy atom. The van der Waals surface area contributed by atoms with E-state index in [0.717, 1.165) is 12.8 Å². The molecular formula is C12H18N2O3. The Morgan fingerprint density at radius 2 is 2.24 bits per heavy atom. The van der Waals surface area contributed by atoms with Crippen LogP contribution in [-0.2, 0) is 11.3 Å². The van der Waals surface area contributed by atoms with Crippen molar-refractivity contribution in [2.24, 2.45) is 5.84 Å². The fraction of sp³-hybridized carbons (Fsp3) is 0.583. The summed E-state index contributed by atoms with van der Waals surface area (Å²) in [5.74, 6) is 5.28. The van der Waals surface area contributed by atoms with Crippen molar-refractivity contribution in [2.45, 2.75) is 44.8 Å². The van der Waals surface area contributed by atoms with E-state index in [1.165, 1.54) is 25.5 Å². The number of furan rings is 1. The van der Waals surface area contributed by atoms with E-state index in [0.29, 0.717) is 24.0 Å². The zero-order valence-corrected chi connectivity index (χ0v) is 9.78. The molecule has 0 unspecified atom stereocenters. The number of hydrazine groups is 1. The molecule has 94 valence electrons. The van der Waals surface area contributed by atoms with Gasteiger partial charge in [0.05, 0.1) is 17.9 Å². The highest BCUT2D eigenvalue weighted by molar-refractivity contribution is 5.94. The molecule has 1 aliphatic rings. The molecule has 0 radical (unpaired) electrons. The fourth-order valence-corrected chi connectivity index (χ4v) is 2.16. The zero-order valence-electron chi connectivity index (χ0n) is 9.78. The van der Waals surface area contributed by atoms with Gasteiger partial charge in [-0.3, -0.25) is 10.2 Å². The van der Waals surface area contributed by atoms with Crippen LogP contribution in [0.25, 0.3) is 0 Å². The third-order valence-electron chi connectivity index (χ3n) is 3.12. The third-order valence-corrected chi connectivity index (χ3v) is 3.12. The van der Waals surface area contributed by atoms with Gasteiger partial charge in [-0.15, -0.1) is 0 Å². The van der Waals surface area contributed by atoms with Gasteiger partial charge >= 0.3 is 0 Å². The van der Waals surface area contributed by atoms with Gasteiger partial charge in [0.25, 0.3) is 5.91 Å². The standard InChI is InChI=1S/C12H18N2O3/c13-14-12(15)10-6-7-16-11(10)8-17-9-4-2-1-3-5-9/h6-7,9H,1-5,8,13H2,(H,14,15). The first-order chi connectivity index (χ1) is 8.31. The molecule has 1 aromatic heterocycles. The maximum absolute atomic E-state index is 11.4. The van der Waals surface area contributed by atoms with Crippen LogP contribution in [0.1, 0.15) is 48.2 Å². The number of amides is 1. The minimum Gasteiger partial charge on any atom is -0.466 e. The average Bonchev–Trinajstić information content (AvgIpc) is 2.85. The summed E-state index contributed by atoms with van der Waals surface area (Å²) in [4.78, 5) is 11.4. The predicted molar refractivity (Wildman–Crippen MR) is 62.0 cm³/mol. The molecule has 2 rings (SSSR count). The minimum atomic E-state index is -0.346. The van der Waals surface area contributed by atoms with Crippen LogP contribution in [0.4, 0.5) is 0 Å². The Kier molecular flexibility index (Phi) is 4.17. The lowest BCUT2D eigenvalue weighted by Crippen LogP contribution is -2.30. The van der Waals surface area contributed by atoms with Crippen LogP contribution in [0, 0.1) is 0 Å². The Labute approximate surface area is 100 Å². The van der Waals surface area contributed by atoms with Crippen molar-refractivity contribution in [3.8, 4) is 0 Å². The maximum atomic E-state index is 11.4. The van der Waals surface area contributed by atoms with Crippen LogP contribution >= 0.6 is 0 Å². The number of carbonyl (C=O) groups is 1. The van der Waals surface area contributed by atoms with Gasteiger partial charge in [-0.25, -0.2) is 5.84 Å². The monoisotopic (exact) mass is 238 g/mol. The van der Waals surface area contributed by atoms with Gasteiger partial charge < -0.3 is 9.15 Å². The smallest absolute Gasteiger partial charge is 0.268 e. The maximum Gasteiger partial charge on any atom is 0.268 e. The van der Waals surface area contributed by atoms with E-state index in [9.17, 15) is 4.79 Å². The molecule has 3 N–H and O–H groups in total. The van der Waals surface area contributed by atoms with Gasteiger partial charge in [0.1, 0.15) is 12.4 Å². The molecule has 1 fully saturated rings. The minimum absolute atomic E-state index is 0.294. The SMILES string of the molecule is NNC(=O)c1ccoc1COC1CCCCC1. The number of nitrogens with two attached hydrogens (primary N) is 1. The van der Waals surface area contributed by atoms with E-state index in [4.69, 9.17) is 15.0 Å². The predicted octanol–water partition coefficient (Wildman–Crippen LogP) is 1.73. The summed E-state index contributed by atoms with van der Waals surface area (Å²) in [7, 11) is 0. The van der Waals surface area contributed by atoms with E-state index < -0.39 is 0 Å². The molecular weight excluding hydrogens is 220 g/mol. The molecule has 5 heteroatoms. The van der Waals surface area contributed by atoms with Gasteiger partial charge in [-0.05, 0) is 18.9 Å². The summed E-state index contributed by atoms with van der Waals surface area (Å²) < 4.78 is 11.0.